The minimum absolute atomic E-state index is 0.134. The van der Waals surface area contributed by atoms with Gasteiger partial charge in [0, 0.05) is 25.3 Å². The number of carbonyl (C=O) groups is 1. The Hall–Kier alpha value is -3.33. The Labute approximate surface area is 190 Å². The van der Waals surface area contributed by atoms with Crippen molar-refractivity contribution in [3.63, 3.8) is 0 Å². The highest BCUT2D eigenvalue weighted by molar-refractivity contribution is 7.13. The van der Waals surface area contributed by atoms with Crippen molar-refractivity contribution < 1.29 is 9.53 Å². The molecule has 1 saturated heterocycles. The van der Waals surface area contributed by atoms with E-state index >= 15 is 0 Å². The first kappa shape index (κ1) is 20.6. The molecule has 32 heavy (non-hydrogen) atoms. The van der Waals surface area contributed by atoms with Crippen LogP contribution in [0.3, 0.4) is 0 Å². The summed E-state index contributed by atoms with van der Waals surface area (Å²) in [5, 5.41) is 9.41. The minimum Gasteiger partial charge on any atom is -0.379 e. The molecule has 0 bridgehead atoms. The van der Waals surface area contributed by atoms with Gasteiger partial charge in [0.05, 0.1) is 23.8 Å². The van der Waals surface area contributed by atoms with Crippen molar-refractivity contribution in [2.24, 2.45) is 0 Å². The lowest BCUT2D eigenvalue weighted by molar-refractivity contribution is 0.0342. The molecule has 4 aromatic rings. The van der Waals surface area contributed by atoms with E-state index in [9.17, 15) is 4.79 Å². The molecule has 8 heteroatoms. The molecule has 1 amide bonds. The third kappa shape index (κ3) is 4.62. The summed E-state index contributed by atoms with van der Waals surface area (Å²) in [5.41, 5.74) is 2.78. The van der Waals surface area contributed by atoms with E-state index in [-0.39, 0.29) is 11.7 Å². The number of benzene rings is 2. The maximum atomic E-state index is 12.9. The Morgan fingerprint density at radius 1 is 1.00 bits per heavy atom. The zero-order valence-corrected chi connectivity index (χ0v) is 18.3. The summed E-state index contributed by atoms with van der Waals surface area (Å²) in [4.78, 5) is 20.8. The van der Waals surface area contributed by atoms with Crippen LogP contribution in [0.1, 0.15) is 16.2 Å². The van der Waals surface area contributed by atoms with E-state index < -0.39 is 0 Å². The van der Waals surface area contributed by atoms with Crippen LogP contribution in [0.5, 0.6) is 0 Å². The van der Waals surface area contributed by atoms with Gasteiger partial charge in [-0.2, -0.15) is 0 Å². The summed E-state index contributed by atoms with van der Waals surface area (Å²) in [6.45, 7) is 4.33. The highest BCUT2D eigenvalue weighted by Gasteiger charge is 2.19. The number of nitrogens with zero attached hydrogens (tertiary/aromatic N) is 4. The molecule has 2 aromatic heterocycles. The van der Waals surface area contributed by atoms with Gasteiger partial charge in [0.25, 0.3) is 5.91 Å². The minimum atomic E-state index is -0.335. The lowest BCUT2D eigenvalue weighted by atomic mass is 10.2. The van der Waals surface area contributed by atoms with Crippen LogP contribution in [0.4, 0.5) is 5.69 Å². The number of hydrogen-bond acceptors (Lipinski definition) is 6. The van der Waals surface area contributed by atoms with Gasteiger partial charge < -0.3 is 10.1 Å². The van der Waals surface area contributed by atoms with E-state index in [1.165, 1.54) is 5.56 Å². The van der Waals surface area contributed by atoms with Crippen molar-refractivity contribution >= 4 is 22.9 Å². The Kier molecular flexibility index (Phi) is 6.06. The van der Waals surface area contributed by atoms with E-state index in [4.69, 9.17) is 4.74 Å². The van der Waals surface area contributed by atoms with Crippen molar-refractivity contribution in [3.05, 3.63) is 83.5 Å². The highest BCUT2D eigenvalue weighted by atomic mass is 32.1. The number of ether oxygens (including phenoxy) is 1. The summed E-state index contributed by atoms with van der Waals surface area (Å²) >= 11 is 1.56. The Bertz CT molecular complexity index is 1170. The number of carbonyl (C=O) groups excluding carboxylic acids is 1. The molecule has 0 aliphatic carbocycles. The van der Waals surface area contributed by atoms with E-state index in [1.54, 1.807) is 16.0 Å². The Morgan fingerprint density at radius 3 is 2.50 bits per heavy atom. The van der Waals surface area contributed by atoms with Gasteiger partial charge in [0.2, 0.25) is 5.82 Å². The number of nitrogens with one attached hydrogen (secondary N) is 1. The number of para-hydroxylation sites is 1. The number of aromatic nitrogens is 3. The second-order valence-electron chi connectivity index (χ2n) is 7.52. The van der Waals surface area contributed by atoms with Crippen molar-refractivity contribution in [1.82, 2.24) is 19.7 Å². The molecule has 162 valence electrons. The largest absolute Gasteiger partial charge is 0.379 e. The highest BCUT2D eigenvalue weighted by Crippen LogP contribution is 2.25. The van der Waals surface area contributed by atoms with Crippen molar-refractivity contribution in [2.75, 3.05) is 31.6 Å². The molecule has 5 rings (SSSR count). The molecule has 1 N–H and O–H groups in total. The number of hydrogen-bond donors (Lipinski definition) is 1. The number of morpholine rings is 1. The molecule has 7 nitrogen and oxygen atoms in total. The van der Waals surface area contributed by atoms with Crippen LogP contribution in [0, 0.1) is 0 Å². The molecular weight excluding hydrogens is 422 g/mol. The predicted molar refractivity (Wildman–Crippen MR) is 125 cm³/mol. The number of thiophene rings is 1. The Morgan fingerprint density at radius 2 is 1.78 bits per heavy atom. The van der Waals surface area contributed by atoms with Crippen LogP contribution in [-0.4, -0.2) is 51.9 Å². The van der Waals surface area contributed by atoms with E-state index in [2.05, 4.69) is 20.3 Å². The fourth-order valence-corrected chi connectivity index (χ4v) is 4.32. The molecule has 0 unspecified atom stereocenters. The lowest BCUT2D eigenvalue weighted by Gasteiger charge is -2.26. The monoisotopic (exact) mass is 445 g/mol. The summed E-state index contributed by atoms with van der Waals surface area (Å²) in [6.07, 6.45) is 0. The maximum absolute atomic E-state index is 12.9. The van der Waals surface area contributed by atoms with Crippen LogP contribution < -0.4 is 5.32 Å². The van der Waals surface area contributed by atoms with Crippen LogP contribution in [-0.2, 0) is 11.3 Å². The zero-order valence-electron chi connectivity index (χ0n) is 17.5. The van der Waals surface area contributed by atoms with Gasteiger partial charge in [-0.3, -0.25) is 9.69 Å². The predicted octanol–water partition coefficient (Wildman–Crippen LogP) is 4.08. The van der Waals surface area contributed by atoms with Gasteiger partial charge in [0.1, 0.15) is 0 Å². The standard InChI is InChI=1S/C24H23N5O2S/c30-24(25-19-10-8-18(9-11-19)17-28-12-14-31-15-13-28)22-26-23(21-7-4-16-32-21)29(27-22)20-5-2-1-3-6-20/h1-11,16H,12-15,17H2,(H,25,30). The van der Waals surface area contributed by atoms with E-state index in [0.29, 0.717) is 5.82 Å². The summed E-state index contributed by atoms with van der Waals surface area (Å²) < 4.78 is 7.12. The molecule has 3 heterocycles. The third-order valence-corrected chi connectivity index (χ3v) is 6.14. The molecule has 0 spiro atoms. The fourth-order valence-electron chi connectivity index (χ4n) is 3.62. The first-order valence-electron chi connectivity index (χ1n) is 10.5. The van der Waals surface area contributed by atoms with Crippen LogP contribution >= 0.6 is 11.3 Å². The number of anilines is 1. The third-order valence-electron chi connectivity index (χ3n) is 5.27. The van der Waals surface area contributed by atoms with Crippen molar-refractivity contribution in [2.45, 2.75) is 6.54 Å². The van der Waals surface area contributed by atoms with Crippen LogP contribution in [0.15, 0.2) is 72.1 Å². The second-order valence-corrected chi connectivity index (χ2v) is 8.47. The second kappa shape index (κ2) is 9.44. The number of rotatable bonds is 6. The van der Waals surface area contributed by atoms with Gasteiger partial charge in [-0.15, -0.1) is 16.4 Å². The SMILES string of the molecule is O=C(Nc1ccc(CN2CCOCC2)cc1)c1nc(-c2cccs2)n(-c2ccccc2)n1. The smallest absolute Gasteiger partial charge is 0.295 e. The van der Waals surface area contributed by atoms with E-state index in [0.717, 1.165) is 49.1 Å². The first-order chi connectivity index (χ1) is 15.8. The summed E-state index contributed by atoms with van der Waals surface area (Å²) in [7, 11) is 0. The quantitative estimate of drug-likeness (QED) is 0.484. The topological polar surface area (TPSA) is 72.3 Å². The number of amides is 1. The Balaban J connectivity index is 1.33. The van der Waals surface area contributed by atoms with Gasteiger partial charge in [-0.05, 0) is 41.3 Å². The maximum Gasteiger partial charge on any atom is 0.295 e. The van der Waals surface area contributed by atoms with Gasteiger partial charge >= 0.3 is 0 Å². The zero-order chi connectivity index (χ0) is 21.8. The van der Waals surface area contributed by atoms with Gasteiger partial charge in [-0.25, -0.2) is 9.67 Å². The first-order valence-corrected chi connectivity index (χ1v) is 11.4. The van der Waals surface area contributed by atoms with Crippen LogP contribution in [0.25, 0.3) is 16.4 Å². The van der Waals surface area contributed by atoms with Crippen molar-refractivity contribution in [3.8, 4) is 16.4 Å². The molecule has 0 atom stereocenters. The van der Waals surface area contributed by atoms with E-state index in [1.807, 2.05) is 72.1 Å². The normalized spacial score (nSPS) is 14.4. The average molecular weight is 446 g/mol. The van der Waals surface area contributed by atoms with Crippen molar-refractivity contribution in [1.29, 1.82) is 0 Å². The molecular formula is C24H23N5O2S. The summed E-state index contributed by atoms with van der Waals surface area (Å²) in [6, 6.07) is 21.6. The molecule has 0 radical (unpaired) electrons. The lowest BCUT2D eigenvalue weighted by Crippen LogP contribution is -2.35. The average Bonchev–Trinajstić information content (AvgIpc) is 3.52. The molecule has 1 fully saturated rings. The summed E-state index contributed by atoms with van der Waals surface area (Å²) in [5.74, 6) is 0.449. The molecule has 2 aromatic carbocycles. The fraction of sp³-hybridized carbons (Fsp3) is 0.208. The van der Waals surface area contributed by atoms with Gasteiger partial charge in [-0.1, -0.05) is 36.4 Å². The van der Waals surface area contributed by atoms with Gasteiger partial charge in [0.15, 0.2) is 5.82 Å². The van der Waals surface area contributed by atoms with Crippen LogP contribution in [0.2, 0.25) is 0 Å². The molecule has 1 aliphatic rings. The molecule has 1 aliphatic heterocycles. The molecule has 0 saturated carbocycles.